The van der Waals surface area contributed by atoms with Crippen LogP contribution in [0.25, 0.3) is 0 Å². The first kappa shape index (κ1) is 18.8. The van der Waals surface area contributed by atoms with E-state index < -0.39 is 15.9 Å². The second-order valence-corrected chi connectivity index (χ2v) is 7.87. The normalized spacial score (nSPS) is 11.0. The first-order valence-electron chi connectivity index (χ1n) is 6.37. The van der Waals surface area contributed by atoms with Gasteiger partial charge in [0.15, 0.2) is 5.11 Å². The van der Waals surface area contributed by atoms with E-state index in [1.165, 1.54) is 24.3 Å². The van der Waals surface area contributed by atoms with E-state index in [0.29, 0.717) is 20.7 Å². The zero-order valence-corrected chi connectivity index (χ0v) is 15.9. The quantitative estimate of drug-likeness (QED) is 0.627. The fourth-order valence-electron chi connectivity index (χ4n) is 1.73. The minimum absolute atomic E-state index is 0.0454. The summed E-state index contributed by atoms with van der Waals surface area (Å²) in [6, 6.07) is 10.5. The van der Waals surface area contributed by atoms with Gasteiger partial charge in [-0.05, 0) is 64.5 Å². The lowest BCUT2D eigenvalue weighted by Gasteiger charge is -2.12. The fourth-order valence-corrected chi connectivity index (χ4v) is 3.29. The zero-order valence-electron chi connectivity index (χ0n) is 11.9. The number of halogens is 2. The highest BCUT2D eigenvalue weighted by Gasteiger charge is 2.12. The largest absolute Gasteiger partial charge is 0.331 e. The molecule has 0 unspecified atom stereocenters. The van der Waals surface area contributed by atoms with Gasteiger partial charge in [0.2, 0.25) is 10.0 Å². The first-order chi connectivity index (χ1) is 11.2. The lowest BCUT2D eigenvalue weighted by molar-refractivity contribution is 0.0977. The molecular formula is C14H11BrClN3O3S2. The summed E-state index contributed by atoms with van der Waals surface area (Å²) in [7, 11) is -3.80. The van der Waals surface area contributed by atoms with Crippen molar-refractivity contribution < 1.29 is 13.2 Å². The van der Waals surface area contributed by atoms with Crippen LogP contribution in [0.2, 0.25) is 5.02 Å². The number of thiocarbonyl (C=S) groups is 1. The SMILES string of the molecule is NS(=O)(=O)c1ccc(NC(=S)NC(=O)c2cccc(Cl)c2)c(Br)c1. The van der Waals surface area contributed by atoms with Gasteiger partial charge in [-0.15, -0.1) is 0 Å². The third-order valence-electron chi connectivity index (χ3n) is 2.83. The van der Waals surface area contributed by atoms with Crippen molar-refractivity contribution in [2.24, 2.45) is 5.14 Å². The number of benzene rings is 2. The molecule has 0 spiro atoms. The van der Waals surface area contributed by atoms with Gasteiger partial charge >= 0.3 is 0 Å². The van der Waals surface area contributed by atoms with Gasteiger partial charge in [0, 0.05) is 15.1 Å². The van der Waals surface area contributed by atoms with Crippen LogP contribution in [0.5, 0.6) is 0 Å². The summed E-state index contributed by atoms with van der Waals surface area (Å²) >= 11 is 14.1. The highest BCUT2D eigenvalue weighted by Crippen LogP contribution is 2.25. The van der Waals surface area contributed by atoms with Crippen LogP contribution in [0.15, 0.2) is 51.8 Å². The summed E-state index contributed by atoms with van der Waals surface area (Å²) < 4.78 is 23.0. The van der Waals surface area contributed by atoms with Gasteiger partial charge in [0.05, 0.1) is 10.6 Å². The Hall–Kier alpha value is -1.52. The predicted octanol–water partition coefficient (Wildman–Crippen LogP) is 2.88. The lowest BCUT2D eigenvalue weighted by Crippen LogP contribution is -2.34. The van der Waals surface area contributed by atoms with Crippen molar-refractivity contribution in [3.05, 3.63) is 57.5 Å². The number of anilines is 1. The van der Waals surface area contributed by atoms with Gasteiger partial charge in [-0.3, -0.25) is 10.1 Å². The molecule has 1 amide bonds. The molecule has 0 saturated heterocycles. The van der Waals surface area contributed by atoms with Crippen molar-refractivity contribution in [1.29, 1.82) is 0 Å². The van der Waals surface area contributed by atoms with E-state index in [1.54, 1.807) is 18.2 Å². The monoisotopic (exact) mass is 447 g/mol. The van der Waals surface area contributed by atoms with Gasteiger partial charge in [-0.2, -0.15) is 0 Å². The van der Waals surface area contributed by atoms with E-state index in [9.17, 15) is 13.2 Å². The molecule has 4 N–H and O–H groups in total. The van der Waals surface area contributed by atoms with Gasteiger partial charge in [0.1, 0.15) is 0 Å². The molecule has 0 aliphatic carbocycles. The highest BCUT2D eigenvalue weighted by atomic mass is 79.9. The number of nitrogens with one attached hydrogen (secondary N) is 2. The second kappa shape index (κ2) is 7.58. The number of rotatable bonds is 3. The van der Waals surface area contributed by atoms with Crippen LogP contribution in [0.1, 0.15) is 10.4 Å². The van der Waals surface area contributed by atoms with Gasteiger partial charge < -0.3 is 5.32 Å². The number of sulfonamides is 1. The number of hydrogen-bond acceptors (Lipinski definition) is 4. The van der Waals surface area contributed by atoms with Gasteiger partial charge in [-0.1, -0.05) is 17.7 Å². The Kier molecular flexibility index (Phi) is 5.94. The Morgan fingerprint density at radius 2 is 1.92 bits per heavy atom. The third-order valence-corrected chi connectivity index (χ3v) is 4.84. The maximum atomic E-state index is 12.1. The van der Waals surface area contributed by atoms with Crippen LogP contribution >= 0.6 is 39.7 Å². The number of primary sulfonamides is 1. The van der Waals surface area contributed by atoms with Crippen molar-refractivity contribution in [2.45, 2.75) is 4.90 Å². The Morgan fingerprint density at radius 3 is 2.50 bits per heavy atom. The predicted molar refractivity (Wildman–Crippen MR) is 101 cm³/mol. The van der Waals surface area contributed by atoms with Crippen LogP contribution in [-0.4, -0.2) is 19.4 Å². The molecule has 126 valence electrons. The first-order valence-corrected chi connectivity index (χ1v) is 9.49. The number of hydrogen-bond donors (Lipinski definition) is 3. The molecule has 0 atom stereocenters. The number of amides is 1. The molecule has 0 heterocycles. The summed E-state index contributed by atoms with van der Waals surface area (Å²) in [4.78, 5) is 12.0. The molecule has 0 aliphatic rings. The molecule has 0 fully saturated rings. The molecule has 2 rings (SSSR count). The Labute approximate surface area is 157 Å². The Morgan fingerprint density at radius 1 is 1.21 bits per heavy atom. The average molecular weight is 449 g/mol. The maximum Gasteiger partial charge on any atom is 0.257 e. The third kappa shape index (κ3) is 4.99. The smallest absolute Gasteiger partial charge is 0.257 e. The molecule has 0 aliphatic heterocycles. The molecule has 0 radical (unpaired) electrons. The minimum Gasteiger partial charge on any atom is -0.331 e. The highest BCUT2D eigenvalue weighted by molar-refractivity contribution is 9.10. The van der Waals surface area contributed by atoms with Crippen molar-refractivity contribution in [2.75, 3.05) is 5.32 Å². The van der Waals surface area contributed by atoms with E-state index >= 15 is 0 Å². The summed E-state index contributed by atoms with van der Waals surface area (Å²) in [5.74, 6) is -0.424. The van der Waals surface area contributed by atoms with E-state index in [1.807, 2.05) is 0 Å². The van der Waals surface area contributed by atoms with Crippen LogP contribution in [-0.2, 0) is 10.0 Å². The van der Waals surface area contributed by atoms with Crippen LogP contribution in [0, 0.1) is 0 Å². The van der Waals surface area contributed by atoms with E-state index in [2.05, 4.69) is 26.6 Å². The number of carbonyl (C=O) groups is 1. The van der Waals surface area contributed by atoms with Crippen molar-refractivity contribution in [1.82, 2.24) is 5.32 Å². The van der Waals surface area contributed by atoms with Crippen molar-refractivity contribution in [3.8, 4) is 0 Å². The lowest BCUT2D eigenvalue weighted by atomic mass is 10.2. The molecule has 0 bridgehead atoms. The molecule has 2 aromatic carbocycles. The summed E-state index contributed by atoms with van der Waals surface area (Å²) in [5, 5.41) is 10.8. The second-order valence-electron chi connectivity index (χ2n) is 4.61. The molecule has 2 aromatic rings. The van der Waals surface area contributed by atoms with E-state index in [-0.39, 0.29) is 10.0 Å². The van der Waals surface area contributed by atoms with Gasteiger partial charge in [-0.25, -0.2) is 13.6 Å². The minimum atomic E-state index is -3.80. The molecule has 24 heavy (non-hydrogen) atoms. The standard InChI is InChI=1S/C14H11BrClN3O3S2/c15-11-7-10(24(17,21)22)4-5-12(11)18-14(23)19-13(20)8-2-1-3-9(16)6-8/h1-7H,(H2,17,21,22)(H2,18,19,20,23). The number of carbonyl (C=O) groups excluding carboxylic acids is 1. The topological polar surface area (TPSA) is 101 Å². The summed E-state index contributed by atoms with van der Waals surface area (Å²) in [5.41, 5.74) is 0.828. The summed E-state index contributed by atoms with van der Waals surface area (Å²) in [6.07, 6.45) is 0. The maximum absolute atomic E-state index is 12.1. The van der Waals surface area contributed by atoms with Crippen LogP contribution in [0.3, 0.4) is 0 Å². The summed E-state index contributed by atoms with van der Waals surface area (Å²) in [6.45, 7) is 0. The van der Waals surface area contributed by atoms with Gasteiger partial charge in [0.25, 0.3) is 5.91 Å². The van der Waals surface area contributed by atoms with Crippen LogP contribution < -0.4 is 15.8 Å². The van der Waals surface area contributed by atoms with Crippen LogP contribution in [0.4, 0.5) is 5.69 Å². The van der Waals surface area contributed by atoms with Crippen molar-refractivity contribution >= 4 is 66.5 Å². The average Bonchev–Trinajstić information content (AvgIpc) is 2.48. The Bertz CT molecular complexity index is 919. The molecule has 6 nitrogen and oxygen atoms in total. The Balaban J connectivity index is 2.09. The van der Waals surface area contributed by atoms with Crippen molar-refractivity contribution in [3.63, 3.8) is 0 Å². The fraction of sp³-hybridized carbons (Fsp3) is 0. The van der Waals surface area contributed by atoms with E-state index in [0.717, 1.165) is 0 Å². The molecule has 0 saturated carbocycles. The zero-order chi connectivity index (χ0) is 17.9. The molecular weight excluding hydrogens is 438 g/mol. The number of nitrogens with two attached hydrogens (primary N) is 1. The molecule has 10 heteroatoms. The van der Waals surface area contributed by atoms with E-state index in [4.69, 9.17) is 29.0 Å². The molecule has 0 aromatic heterocycles.